The smallest absolute Gasteiger partial charge is 0.142 e. The Morgan fingerprint density at radius 3 is 3.27 bits per heavy atom. The molecule has 0 aromatic heterocycles. The molecule has 2 nitrogen and oxygen atoms in total. The Hall–Kier alpha value is -0.830. The first kappa shape index (κ1) is 6.85. The van der Waals surface area contributed by atoms with E-state index in [0.717, 1.165) is 29.5 Å². The highest BCUT2D eigenvalue weighted by Crippen LogP contribution is 2.28. The SMILES string of the molecule is Sc1ccc2c(c1)NCCO2. The zero-order chi connectivity index (χ0) is 7.68. The molecule has 0 aliphatic carbocycles. The van der Waals surface area contributed by atoms with E-state index >= 15 is 0 Å². The molecule has 1 heterocycles. The van der Waals surface area contributed by atoms with Gasteiger partial charge in [-0.15, -0.1) is 12.6 Å². The van der Waals surface area contributed by atoms with E-state index in [0.29, 0.717) is 0 Å². The standard InChI is InChI=1S/C8H9NOS/c11-6-1-2-8-7(5-6)9-3-4-10-8/h1-2,5,9,11H,3-4H2. The normalized spacial score (nSPS) is 14.6. The van der Waals surface area contributed by atoms with Crippen molar-refractivity contribution < 1.29 is 4.74 Å². The van der Waals surface area contributed by atoms with E-state index in [2.05, 4.69) is 17.9 Å². The van der Waals surface area contributed by atoms with E-state index in [4.69, 9.17) is 4.74 Å². The molecule has 1 aromatic rings. The van der Waals surface area contributed by atoms with Crippen LogP contribution in [0.15, 0.2) is 23.1 Å². The first-order valence-electron chi connectivity index (χ1n) is 3.56. The van der Waals surface area contributed by atoms with Crippen LogP contribution in [0.2, 0.25) is 0 Å². The summed E-state index contributed by atoms with van der Waals surface area (Å²) < 4.78 is 5.38. The Labute approximate surface area is 71.0 Å². The lowest BCUT2D eigenvalue weighted by molar-refractivity contribution is 0.323. The predicted octanol–water partition coefficient (Wildman–Crippen LogP) is 1.78. The van der Waals surface area contributed by atoms with E-state index in [1.165, 1.54) is 0 Å². The maximum atomic E-state index is 5.38. The fraction of sp³-hybridized carbons (Fsp3) is 0.250. The molecule has 1 aromatic carbocycles. The van der Waals surface area contributed by atoms with Gasteiger partial charge < -0.3 is 10.1 Å². The van der Waals surface area contributed by atoms with Gasteiger partial charge in [0.2, 0.25) is 0 Å². The molecule has 1 aliphatic rings. The van der Waals surface area contributed by atoms with Crippen molar-refractivity contribution in [1.29, 1.82) is 0 Å². The van der Waals surface area contributed by atoms with Gasteiger partial charge in [-0.25, -0.2) is 0 Å². The van der Waals surface area contributed by atoms with Gasteiger partial charge in [-0.2, -0.15) is 0 Å². The van der Waals surface area contributed by atoms with Gasteiger partial charge in [0.25, 0.3) is 0 Å². The highest BCUT2D eigenvalue weighted by Gasteiger charge is 2.07. The van der Waals surface area contributed by atoms with Gasteiger partial charge in [0.1, 0.15) is 12.4 Å². The Morgan fingerprint density at radius 2 is 2.36 bits per heavy atom. The largest absolute Gasteiger partial charge is 0.490 e. The first-order valence-corrected chi connectivity index (χ1v) is 4.01. The number of ether oxygens (including phenoxy) is 1. The van der Waals surface area contributed by atoms with Gasteiger partial charge in [0, 0.05) is 11.4 Å². The molecule has 11 heavy (non-hydrogen) atoms. The maximum Gasteiger partial charge on any atom is 0.142 e. The molecule has 0 amide bonds. The van der Waals surface area contributed by atoms with Crippen molar-refractivity contribution in [3.05, 3.63) is 18.2 Å². The van der Waals surface area contributed by atoms with Crippen LogP contribution in [0.5, 0.6) is 5.75 Å². The first-order chi connectivity index (χ1) is 5.36. The van der Waals surface area contributed by atoms with Crippen LogP contribution in [0.25, 0.3) is 0 Å². The number of anilines is 1. The maximum absolute atomic E-state index is 5.38. The van der Waals surface area contributed by atoms with Crippen molar-refractivity contribution >= 4 is 18.3 Å². The van der Waals surface area contributed by atoms with Crippen LogP contribution >= 0.6 is 12.6 Å². The molecule has 0 unspecified atom stereocenters. The minimum atomic E-state index is 0.749. The van der Waals surface area contributed by atoms with Gasteiger partial charge in [0.05, 0.1) is 5.69 Å². The van der Waals surface area contributed by atoms with Crippen LogP contribution in [0.1, 0.15) is 0 Å². The van der Waals surface area contributed by atoms with E-state index < -0.39 is 0 Å². The van der Waals surface area contributed by atoms with Crippen LogP contribution in [0.4, 0.5) is 5.69 Å². The second kappa shape index (κ2) is 2.66. The summed E-state index contributed by atoms with van der Waals surface area (Å²) in [5, 5.41) is 3.23. The molecule has 0 saturated heterocycles. The molecule has 2 rings (SSSR count). The predicted molar refractivity (Wildman–Crippen MR) is 47.7 cm³/mol. The summed E-state index contributed by atoms with van der Waals surface area (Å²) in [5.74, 6) is 0.925. The molecule has 0 saturated carbocycles. The average Bonchev–Trinajstić information content (AvgIpc) is 2.04. The quantitative estimate of drug-likeness (QED) is 0.575. The fourth-order valence-corrected chi connectivity index (χ4v) is 1.33. The minimum Gasteiger partial charge on any atom is -0.490 e. The lowest BCUT2D eigenvalue weighted by Gasteiger charge is -2.18. The van der Waals surface area contributed by atoms with Gasteiger partial charge >= 0.3 is 0 Å². The minimum absolute atomic E-state index is 0.749. The zero-order valence-corrected chi connectivity index (χ0v) is 6.90. The molecule has 0 spiro atoms. The number of nitrogens with one attached hydrogen (secondary N) is 1. The van der Waals surface area contributed by atoms with E-state index in [1.807, 2.05) is 18.2 Å². The van der Waals surface area contributed by atoms with E-state index in [9.17, 15) is 0 Å². The van der Waals surface area contributed by atoms with Crippen LogP contribution < -0.4 is 10.1 Å². The van der Waals surface area contributed by atoms with E-state index in [1.54, 1.807) is 0 Å². The van der Waals surface area contributed by atoms with Gasteiger partial charge in [0.15, 0.2) is 0 Å². The third-order valence-electron chi connectivity index (χ3n) is 1.64. The molecule has 0 bridgehead atoms. The van der Waals surface area contributed by atoms with Gasteiger partial charge in [-0.3, -0.25) is 0 Å². The number of hydrogen-bond acceptors (Lipinski definition) is 3. The lowest BCUT2D eigenvalue weighted by Crippen LogP contribution is -2.17. The molecular formula is C8H9NOS. The highest BCUT2D eigenvalue weighted by molar-refractivity contribution is 7.80. The van der Waals surface area contributed by atoms with Crippen LogP contribution in [-0.4, -0.2) is 13.2 Å². The number of hydrogen-bond donors (Lipinski definition) is 2. The molecule has 3 heteroatoms. The summed E-state index contributed by atoms with van der Waals surface area (Å²) >= 11 is 4.22. The summed E-state index contributed by atoms with van der Waals surface area (Å²) in [6.45, 7) is 1.63. The Balaban J connectivity index is 2.43. The second-order valence-electron chi connectivity index (χ2n) is 2.46. The summed E-state index contributed by atoms with van der Waals surface area (Å²) in [5.41, 5.74) is 1.05. The third-order valence-corrected chi connectivity index (χ3v) is 1.92. The second-order valence-corrected chi connectivity index (χ2v) is 2.97. The number of fused-ring (bicyclic) bond motifs is 1. The number of benzene rings is 1. The summed E-state index contributed by atoms with van der Waals surface area (Å²) in [7, 11) is 0. The van der Waals surface area contributed by atoms with Crippen LogP contribution in [0.3, 0.4) is 0 Å². The van der Waals surface area contributed by atoms with Crippen molar-refractivity contribution in [2.75, 3.05) is 18.5 Å². The molecular weight excluding hydrogens is 158 g/mol. The molecule has 1 aliphatic heterocycles. The van der Waals surface area contributed by atoms with Gasteiger partial charge in [-0.05, 0) is 18.2 Å². The Kier molecular flexibility index (Phi) is 1.66. The van der Waals surface area contributed by atoms with E-state index in [-0.39, 0.29) is 0 Å². The van der Waals surface area contributed by atoms with Gasteiger partial charge in [-0.1, -0.05) is 0 Å². The summed E-state index contributed by atoms with van der Waals surface area (Å²) in [6.07, 6.45) is 0. The average molecular weight is 167 g/mol. The number of rotatable bonds is 0. The molecule has 58 valence electrons. The fourth-order valence-electron chi connectivity index (χ4n) is 1.13. The molecule has 0 fully saturated rings. The summed E-state index contributed by atoms with van der Waals surface area (Å²) in [6, 6.07) is 5.83. The van der Waals surface area contributed by atoms with Crippen LogP contribution in [-0.2, 0) is 0 Å². The molecule has 0 atom stereocenters. The van der Waals surface area contributed by atoms with Crippen molar-refractivity contribution in [3.63, 3.8) is 0 Å². The van der Waals surface area contributed by atoms with Crippen LogP contribution in [0, 0.1) is 0 Å². The van der Waals surface area contributed by atoms with Crippen molar-refractivity contribution in [2.45, 2.75) is 4.90 Å². The molecule has 0 radical (unpaired) electrons. The number of thiol groups is 1. The molecule has 1 N–H and O–H groups in total. The van der Waals surface area contributed by atoms with Crippen molar-refractivity contribution in [3.8, 4) is 5.75 Å². The van der Waals surface area contributed by atoms with Crippen molar-refractivity contribution in [2.24, 2.45) is 0 Å². The Bertz CT molecular complexity index is 275. The lowest BCUT2D eigenvalue weighted by atomic mass is 10.2. The third kappa shape index (κ3) is 1.28. The topological polar surface area (TPSA) is 21.3 Å². The Morgan fingerprint density at radius 1 is 1.45 bits per heavy atom. The summed E-state index contributed by atoms with van der Waals surface area (Å²) in [4.78, 5) is 0.960. The monoisotopic (exact) mass is 167 g/mol. The van der Waals surface area contributed by atoms with Crippen molar-refractivity contribution in [1.82, 2.24) is 0 Å². The zero-order valence-electron chi connectivity index (χ0n) is 6.00. The highest BCUT2D eigenvalue weighted by atomic mass is 32.1.